The van der Waals surface area contributed by atoms with Gasteiger partial charge in [0.2, 0.25) is 0 Å². The summed E-state index contributed by atoms with van der Waals surface area (Å²) in [5, 5.41) is 4.08. The highest BCUT2D eigenvalue weighted by Gasteiger charge is 2.03. The molecule has 0 saturated heterocycles. The third-order valence-electron chi connectivity index (χ3n) is 1.55. The fourth-order valence-corrected chi connectivity index (χ4v) is 1.46. The predicted octanol–water partition coefficient (Wildman–Crippen LogP) is 1.37. The second-order valence-electron chi connectivity index (χ2n) is 2.31. The lowest BCUT2D eigenvalue weighted by molar-refractivity contribution is 0.200. The molecule has 4 heteroatoms. The molecule has 1 aromatic heterocycles. The lowest BCUT2D eigenvalue weighted by Gasteiger charge is -2.00. The van der Waals surface area contributed by atoms with Gasteiger partial charge >= 0.3 is 0 Å². The highest BCUT2D eigenvalue weighted by Crippen LogP contribution is 2.14. The van der Waals surface area contributed by atoms with Crippen molar-refractivity contribution in [3.63, 3.8) is 0 Å². The van der Waals surface area contributed by atoms with Crippen LogP contribution in [0.1, 0.15) is 5.69 Å². The Morgan fingerprint density at radius 2 is 2.45 bits per heavy atom. The summed E-state index contributed by atoms with van der Waals surface area (Å²) in [6.45, 7) is 0.734. The summed E-state index contributed by atoms with van der Waals surface area (Å²) in [5.74, 6) is 0. The van der Waals surface area contributed by atoms with Gasteiger partial charge in [-0.05, 0) is 15.9 Å². The van der Waals surface area contributed by atoms with Crippen molar-refractivity contribution in [2.24, 2.45) is 7.05 Å². The fraction of sp³-hybridized carbons (Fsp3) is 0.571. The van der Waals surface area contributed by atoms with Crippen molar-refractivity contribution in [3.05, 3.63) is 16.4 Å². The SMILES string of the molecule is COCCc1c(Br)cnn1C. The maximum absolute atomic E-state index is 4.96. The van der Waals surface area contributed by atoms with Crippen molar-refractivity contribution in [1.82, 2.24) is 9.78 Å². The zero-order valence-corrected chi connectivity index (χ0v) is 8.26. The van der Waals surface area contributed by atoms with E-state index in [0.717, 1.165) is 17.5 Å². The molecule has 11 heavy (non-hydrogen) atoms. The Morgan fingerprint density at radius 1 is 1.73 bits per heavy atom. The molecular weight excluding hydrogens is 208 g/mol. The van der Waals surface area contributed by atoms with Crippen molar-refractivity contribution >= 4 is 15.9 Å². The fourth-order valence-electron chi connectivity index (χ4n) is 0.916. The number of methoxy groups -OCH3 is 1. The number of rotatable bonds is 3. The third kappa shape index (κ3) is 2.04. The Bertz CT molecular complexity index is 215. The smallest absolute Gasteiger partial charge is 0.0635 e. The van der Waals surface area contributed by atoms with Gasteiger partial charge in [-0.2, -0.15) is 5.10 Å². The molecule has 0 N–H and O–H groups in total. The third-order valence-corrected chi connectivity index (χ3v) is 2.22. The minimum atomic E-state index is 0.734. The molecule has 0 aliphatic rings. The summed E-state index contributed by atoms with van der Waals surface area (Å²) >= 11 is 3.41. The highest BCUT2D eigenvalue weighted by atomic mass is 79.9. The van der Waals surface area contributed by atoms with E-state index in [4.69, 9.17) is 4.74 Å². The first-order chi connectivity index (χ1) is 5.25. The van der Waals surface area contributed by atoms with Gasteiger partial charge < -0.3 is 4.74 Å². The Balaban J connectivity index is 2.67. The van der Waals surface area contributed by atoms with Crippen LogP contribution in [0.15, 0.2) is 10.7 Å². The number of aryl methyl sites for hydroxylation is 1. The number of aromatic nitrogens is 2. The molecule has 0 bridgehead atoms. The molecule has 0 unspecified atom stereocenters. The van der Waals surface area contributed by atoms with Gasteiger partial charge in [-0.25, -0.2) is 0 Å². The molecule has 62 valence electrons. The number of ether oxygens (including phenoxy) is 1. The number of hydrogen-bond donors (Lipinski definition) is 0. The van der Waals surface area contributed by atoms with Crippen LogP contribution < -0.4 is 0 Å². The molecule has 0 spiro atoms. The van der Waals surface area contributed by atoms with Crippen molar-refractivity contribution in [3.8, 4) is 0 Å². The van der Waals surface area contributed by atoms with Crippen LogP contribution in [0.25, 0.3) is 0 Å². The van der Waals surface area contributed by atoms with E-state index >= 15 is 0 Å². The van der Waals surface area contributed by atoms with Crippen LogP contribution in [0.2, 0.25) is 0 Å². The lowest BCUT2D eigenvalue weighted by atomic mass is 10.3. The molecule has 0 fully saturated rings. The summed E-state index contributed by atoms with van der Waals surface area (Å²) < 4.78 is 7.87. The quantitative estimate of drug-likeness (QED) is 0.767. The van der Waals surface area contributed by atoms with E-state index in [2.05, 4.69) is 21.0 Å². The largest absolute Gasteiger partial charge is 0.384 e. The first kappa shape index (κ1) is 8.74. The predicted molar refractivity (Wildman–Crippen MR) is 46.5 cm³/mol. The minimum absolute atomic E-state index is 0.734. The topological polar surface area (TPSA) is 27.1 Å². The van der Waals surface area contributed by atoms with Crippen molar-refractivity contribution in [1.29, 1.82) is 0 Å². The Hall–Kier alpha value is -0.350. The summed E-state index contributed by atoms with van der Waals surface area (Å²) in [6, 6.07) is 0. The van der Waals surface area contributed by atoms with Gasteiger partial charge in [0.05, 0.1) is 23.0 Å². The molecule has 1 heterocycles. The van der Waals surface area contributed by atoms with Crippen LogP contribution in [0, 0.1) is 0 Å². The zero-order valence-electron chi connectivity index (χ0n) is 6.67. The van der Waals surface area contributed by atoms with E-state index in [-0.39, 0.29) is 0 Å². The van der Waals surface area contributed by atoms with Crippen molar-refractivity contribution in [2.75, 3.05) is 13.7 Å². The van der Waals surface area contributed by atoms with Crippen molar-refractivity contribution < 1.29 is 4.74 Å². The van der Waals surface area contributed by atoms with Crippen LogP contribution in [-0.2, 0) is 18.2 Å². The first-order valence-electron chi connectivity index (χ1n) is 3.41. The van der Waals surface area contributed by atoms with Gasteiger partial charge in [0.15, 0.2) is 0 Å². The Morgan fingerprint density at radius 3 is 2.91 bits per heavy atom. The van der Waals surface area contributed by atoms with Crippen LogP contribution in [0.4, 0.5) is 0 Å². The molecule has 1 rings (SSSR count). The summed E-state index contributed by atoms with van der Waals surface area (Å²) in [5.41, 5.74) is 1.17. The van der Waals surface area contributed by atoms with E-state index in [1.54, 1.807) is 13.3 Å². The molecule has 0 aromatic carbocycles. The first-order valence-corrected chi connectivity index (χ1v) is 4.20. The standard InChI is InChI=1S/C7H11BrN2O/c1-10-7(3-4-11-2)6(8)5-9-10/h5H,3-4H2,1-2H3. The maximum atomic E-state index is 4.96. The second kappa shape index (κ2) is 3.88. The normalized spacial score (nSPS) is 10.5. The van der Waals surface area contributed by atoms with Crippen molar-refractivity contribution in [2.45, 2.75) is 6.42 Å². The van der Waals surface area contributed by atoms with Gasteiger partial charge in [0, 0.05) is 20.6 Å². The van der Waals surface area contributed by atoms with Gasteiger partial charge in [-0.15, -0.1) is 0 Å². The average molecular weight is 219 g/mol. The molecule has 3 nitrogen and oxygen atoms in total. The van der Waals surface area contributed by atoms with Gasteiger partial charge in [-0.3, -0.25) is 4.68 Å². The molecule has 0 radical (unpaired) electrons. The Labute approximate surface area is 74.5 Å². The number of nitrogens with zero attached hydrogens (tertiary/aromatic N) is 2. The van der Waals surface area contributed by atoms with Gasteiger partial charge in [0.25, 0.3) is 0 Å². The molecule has 0 aliphatic heterocycles. The lowest BCUT2D eigenvalue weighted by Crippen LogP contribution is -2.02. The summed E-state index contributed by atoms with van der Waals surface area (Å²) in [4.78, 5) is 0. The highest BCUT2D eigenvalue weighted by molar-refractivity contribution is 9.10. The van der Waals surface area contributed by atoms with E-state index < -0.39 is 0 Å². The molecule has 0 amide bonds. The molecular formula is C7H11BrN2O. The van der Waals surface area contributed by atoms with Gasteiger partial charge in [0.1, 0.15) is 0 Å². The number of hydrogen-bond acceptors (Lipinski definition) is 2. The molecule has 0 saturated carbocycles. The van der Waals surface area contributed by atoms with Crippen LogP contribution in [0.3, 0.4) is 0 Å². The number of halogens is 1. The Kier molecular flexibility index (Phi) is 3.08. The minimum Gasteiger partial charge on any atom is -0.384 e. The monoisotopic (exact) mass is 218 g/mol. The van der Waals surface area contributed by atoms with E-state index in [9.17, 15) is 0 Å². The van der Waals surface area contributed by atoms with E-state index in [1.807, 2.05) is 11.7 Å². The summed E-state index contributed by atoms with van der Waals surface area (Å²) in [6.07, 6.45) is 2.69. The van der Waals surface area contributed by atoms with Crippen LogP contribution in [0.5, 0.6) is 0 Å². The van der Waals surface area contributed by atoms with E-state index in [0.29, 0.717) is 0 Å². The van der Waals surface area contributed by atoms with E-state index in [1.165, 1.54) is 5.69 Å². The van der Waals surface area contributed by atoms with Gasteiger partial charge in [-0.1, -0.05) is 0 Å². The molecule has 0 atom stereocenters. The maximum Gasteiger partial charge on any atom is 0.0635 e. The molecule has 0 aliphatic carbocycles. The van der Waals surface area contributed by atoms with Crippen LogP contribution in [-0.4, -0.2) is 23.5 Å². The average Bonchev–Trinajstić information content (AvgIpc) is 2.29. The zero-order chi connectivity index (χ0) is 8.27. The van der Waals surface area contributed by atoms with Crippen LogP contribution >= 0.6 is 15.9 Å². The second-order valence-corrected chi connectivity index (χ2v) is 3.16. The summed E-state index contributed by atoms with van der Waals surface area (Å²) in [7, 11) is 3.63. The molecule has 1 aromatic rings.